The molecule has 4 nitrogen and oxygen atoms in total. The first-order chi connectivity index (χ1) is 11.8. The highest BCUT2D eigenvalue weighted by Crippen LogP contribution is 2.45. The van der Waals surface area contributed by atoms with Crippen molar-refractivity contribution >= 4 is 11.8 Å². The van der Waals surface area contributed by atoms with E-state index in [0.717, 1.165) is 44.2 Å². The number of hydrogen-bond donors (Lipinski definition) is 0. The topological polar surface area (TPSA) is 42.2 Å². The average Bonchev–Trinajstić information content (AvgIpc) is 3.27. The van der Waals surface area contributed by atoms with Gasteiger partial charge in [0.05, 0.1) is 12.0 Å². The molecule has 1 aliphatic heterocycles. The van der Waals surface area contributed by atoms with Gasteiger partial charge in [0, 0.05) is 24.6 Å². The lowest BCUT2D eigenvalue weighted by molar-refractivity contribution is 0.244. The number of thioether (sulfide) groups is 1. The molecule has 2 aromatic rings. The molecule has 0 radical (unpaired) electrons. The minimum Gasteiger partial charge on any atom is -0.338 e. The van der Waals surface area contributed by atoms with Crippen LogP contribution in [0.25, 0.3) is 0 Å². The summed E-state index contributed by atoms with van der Waals surface area (Å²) >= 11 is 2.02. The van der Waals surface area contributed by atoms with Gasteiger partial charge >= 0.3 is 0 Å². The van der Waals surface area contributed by atoms with Gasteiger partial charge in [-0.25, -0.2) is 0 Å². The first kappa shape index (κ1) is 16.2. The Morgan fingerprint density at radius 3 is 2.54 bits per heavy atom. The number of benzene rings is 1. The molecule has 1 aromatic heterocycles. The van der Waals surface area contributed by atoms with Crippen molar-refractivity contribution < 1.29 is 4.52 Å². The zero-order valence-corrected chi connectivity index (χ0v) is 15.1. The molecule has 1 aromatic carbocycles. The molecule has 128 valence electrons. The number of hydrogen-bond acceptors (Lipinski definition) is 5. The predicted octanol–water partition coefficient (Wildman–Crippen LogP) is 3.79. The van der Waals surface area contributed by atoms with Gasteiger partial charge in [0.1, 0.15) is 0 Å². The lowest BCUT2D eigenvalue weighted by atomic mass is 9.78. The van der Waals surface area contributed by atoms with Crippen LogP contribution in [0.2, 0.25) is 0 Å². The smallest absolute Gasteiger partial charge is 0.240 e. The minimum absolute atomic E-state index is 0.0484. The molecular weight excluding hydrogens is 318 g/mol. The summed E-state index contributed by atoms with van der Waals surface area (Å²) in [7, 11) is 0. The van der Waals surface area contributed by atoms with Crippen molar-refractivity contribution in [2.24, 2.45) is 0 Å². The number of aromatic nitrogens is 2. The molecule has 0 unspecified atom stereocenters. The first-order valence-corrected chi connectivity index (χ1v) is 10.1. The maximum absolute atomic E-state index is 5.64. The molecule has 1 saturated carbocycles. The van der Waals surface area contributed by atoms with E-state index in [4.69, 9.17) is 9.51 Å². The molecule has 0 amide bonds. The van der Waals surface area contributed by atoms with Gasteiger partial charge in [-0.2, -0.15) is 16.7 Å². The lowest BCUT2D eigenvalue weighted by Crippen LogP contribution is -2.32. The van der Waals surface area contributed by atoms with E-state index in [1.54, 1.807) is 0 Å². The van der Waals surface area contributed by atoms with Crippen molar-refractivity contribution in [1.82, 2.24) is 15.0 Å². The van der Waals surface area contributed by atoms with E-state index in [9.17, 15) is 0 Å². The van der Waals surface area contributed by atoms with E-state index in [1.807, 2.05) is 11.8 Å². The molecule has 4 rings (SSSR count). The summed E-state index contributed by atoms with van der Waals surface area (Å²) in [6, 6.07) is 8.89. The standard InChI is InChI=1S/C19H25N3OS/c1-15-4-6-16(7-5-15)19(8-2-3-9-19)18-20-17(23-21-18)14-22-10-12-24-13-11-22/h4-7H,2-3,8-14H2,1H3. The fourth-order valence-electron chi connectivity index (χ4n) is 3.96. The zero-order valence-electron chi connectivity index (χ0n) is 14.3. The van der Waals surface area contributed by atoms with E-state index in [-0.39, 0.29) is 5.41 Å². The largest absolute Gasteiger partial charge is 0.338 e. The van der Waals surface area contributed by atoms with E-state index in [1.165, 1.54) is 35.5 Å². The molecule has 0 bridgehead atoms. The summed E-state index contributed by atoms with van der Waals surface area (Å²) in [4.78, 5) is 7.25. The van der Waals surface area contributed by atoms with Gasteiger partial charge in [0.25, 0.3) is 0 Å². The first-order valence-electron chi connectivity index (χ1n) is 8.97. The van der Waals surface area contributed by atoms with Crippen molar-refractivity contribution in [3.05, 3.63) is 47.1 Å². The summed E-state index contributed by atoms with van der Waals surface area (Å²) in [5, 5.41) is 4.42. The van der Waals surface area contributed by atoms with Crippen LogP contribution in [-0.2, 0) is 12.0 Å². The molecule has 2 aliphatic rings. The monoisotopic (exact) mass is 343 g/mol. The normalized spacial score (nSPS) is 21.2. The van der Waals surface area contributed by atoms with Gasteiger partial charge in [-0.3, -0.25) is 4.90 Å². The van der Waals surface area contributed by atoms with Crippen molar-refractivity contribution in [3.8, 4) is 0 Å². The van der Waals surface area contributed by atoms with Crippen LogP contribution in [0.4, 0.5) is 0 Å². The van der Waals surface area contributed by atoms with Crippen LogP contribution in [-0.4, -0.2) is 39.6 Å². The third-order valence-corrected chi connectivity index (χ3v) is 6.36. The third kappa shape index (κ3) is 3.11. The molecule has 2 heterocycles. The third-order valence-electron chi connectivity index (χ3n) is 5.42. The fraction of sp³-hybridized carbons (Fsp3) is 0.579. The Morgan fingerprint density at radius 2 is 1.83 bits per heavy atom. The van der Waals surface area contributed by atoms with E-state index in [2.05, 4.69) is 41.2 Å². The van der Waals surface area contributed by atoms with Crippen LogP contribution in [0.5, 0.6) is 0 Å². The van der Waals surface area contributed by atoms with Crippen LogP contribution in [0.3, 0.4) is 0 Å². The van der Waals surface area contributed by atoms with Gasteiger partial charge < -0.3 is 4.52 Å². The maximum atomic E-state index is 5.64. The fourth-order valence-corrected chi connectivity index (χ4v) is 4.94. The molecule has 2 fully saturated rings. The summed E-state index contributed by atoms with van der Waals surface area (Å²) in [6.07, 6.45) is 4.72. The Kier molecular flexibility index (Phi) is 4.63. The van der Waals surface area contributed by atoms with E-state index < -0.39 is 0 Å². The second-order valence-electron chi connectivity index (χ2n) is 7.06. The van der Waals surface area contributed by atoms with Crippen LogP contribution in [0, 0.1) is 6.92 Å². The van der Waals surface area contributed by atoms with Crippen LogP contribution >= 0.6 is 11.8 Å². The van der Waals surface area contributed by atoms with Crippen LogP contribution in [0.15, 0.2) is 28.8 Å². The summed E-state index contributed by atoms with van der Waals surface area (Å²) < 4.78 is 5.64. The second kappa shape index (κ2) is 6.89. The van der Waals surface area contributed by atoms with Gasteiger partial charge in [0.15, 0.2) is 5.82 Å². The lowest BCUT2D eigenvalue weighted by Gasteiger charge is -2.26. The Labute approximate surface area is 148 Å². The Bertz CT molecular complexity index is 670. The SMILES string of the molecule is Cc1ccc(C2(c3noc(CN4CCSCC4)n3)CCCC2)cc1. The van der Waals surface area contributed by atoms with Crippen molar-refractivity contribution in [2.75, 3.05) is 24.6 Å². The maximum Gasteiger partial charge on any atom is 0.240 e. The van der Waals surface area contributed by atoms with Crippen LogP contribution in [0.1, 0.15) is 48.5 Å². The van der Waals surface area contributed by atoms with Crippen molar-refractivity contribution in [2.45, 2.75) is 44.6 Å². The Hall–Kier alpha value is -1.33. The van der Waals surface area contributed by atoms with Gasteiger partial charge in [-0.15, -0.1) is 0 Å². The molecule has 1 saturated heterocycles. The highest BCUT2D eigenvalue weighted by Gasteiger charge is 2.41. The summed E-state index contributed by atoms with van der Waals surface area (Å²) in [5.41, 5.74) is 2.59. The zero-order chi connectivity index (χ0) is 16.4. The van der Waals surface area contributed by atoms with Gasteiger partial charge in [0.2, 0.25) is 5.89 Å². The molecule has 24 heavy (non-hydrogen) atoms. The Balaban J connectivity index is 1.59. The average molecular weight is 343 g/mol. The van der Waals surface area contributed by atoms with Crippen molar-refractivity contribution in [3.63, 3.8) is 0 Å². The molecular formula is C19H25N3OS. The van der Waals surface area contributed by atoms with E-state index in [0.29, 0.717) is 0 Å². The van der Waals surface area contributed by atoms with Crippen LogP contribution < -0.4 is 0 Å². The predicted molar refractivity (Wildman–Crippen MR) is 97.3 cm³/mol. The number of rotatable bonds is 4. The van der Waals surface area contributed by atoms with Crippen molar-refractivity contribution in [1.29, 1.82) is 0 Å². The molecule has 0 atom stereocenters. The number of aryl methyl sites for hydroxylation is 1. The van der Waals surface area contributed by atoms with Gasteiger partial charge in [-0.1, -0.05) is 47.8 Å². The second-order valence-corrected chi connectivity index (χ2v) is 8.28. The minimum atomic E-state index is -0.0484. The summed E-state index contributed by atoms with van der Waals surface area (Å²) in [6.45, 7) is 5.16. The van der Waals surface area contributed by atoms with E-state index >= 15 is 0 Å². The highest BCUT2D eigenvalue weighted by atomic mass is 32.2. The summed E-state index contributed by atoms with van der Waals surface area (Å²) in [5.74, 6) is 4.07. The Morgan fingerprint density at radius 1 is 1.12 bits per heavy atom. The molecule has 1 aliphatic carbocycles. The molecule has 0 N–H and O–H groups in total. The van der Waals surface area contributed by atoms with Gasteiger partial charge in [-0.05, 0) is 25.3 Å². The highest BCUT2D eigenvalue weighted by molar-refractivity contribution is 7.99. The quantitative estimate of drug-likeness (QED) is 0.845. The molecule has 0 spiro atoms. The number of nitrogens with zero attached hydrogens (tertiary/aromatic N) is 3. The molecule has 5 heteroatoms.